The number of hydrogen-bond acceptors (Lipinski definition) is 6. The molecule has 10 heteroatoms. The van der Waals surface area contributed by atoms with Crippen molar-refractivity contribution in [2.24, 2.45) is 0 Å². The van der Waals surface area contributed by atoms with E-state index < -0.39 is 17.4 Å². The predicted octanol–water partition coefficient (Wildman–Crippen LogP) is 1.43. The van der Waals surface area contributed by atoms with E-state index in [4.69, 9.17) is 4.74 Å². The van der Waals surface area contributed by atoms with Crippen molar-refractivity contribution in [3.63, 3.8) is 0 Å². The number of benzene rings is 1. The summed E-state index contributed by atoms with van der Waals surface area (Å²) >= 11 is 3.34. The van der Waals surface area contributed by atoms with Crippen molar-refractivity contribution >= 4 is 45.2 Å². The van der Waals surface area contributed by atoms with Crippen LogP contribution in [0.1, 0.15) is 17.9 Å². The number of fused-ring (bicyclic) bond motifs is 1. The van der Waals surface area contributed by atoms with E-state index in [2.05, 4.69) is 36.5 Å². The van der Waals surface area contributed by atoms with Gasteiger partial charge in [-0.1, -0.05) is 15.9 Å². The topological polar surface area (TPSA) is 116 Å². The summed E-state index contributed by atoms with van der Waals surface area (Å²) < 4.78 is 6.19. The van der Waals surface area contributed by atoms with Crippen LogP contribution in [0.5, 0.6) is 0 Å². The molecule has 1 aromatic heterocycles. The molecule has 0 spiro atoms. The second kappa shape index (κ2) is 7.72. The third-order valence-corrected chi connectivity index (χ3v) is 5.21. The molecular formula is C18H18BrN5O4. The van der Waals surface area contributed by atoms with Crippen LogP contribution in [0, 0.1) is 0 Å². The molecule has 0 radical (unpaired) electrons. The minimum Gasteiger partial charge on any atom is -0.378 e. The lowest BCUT2D eigenvalue weighted by molar-refractivity contribution is -0.123. The summed E-state index contributed by atoms with van der Waals surface area (Å²) in [4.78, 5) is 46.7. The Balaban J connectivity index is 1.64. The van der Waals surface area contributed by atoms with Gasteiger partial charge in [0.1, 0.15) is 5.82 Å². The first-order valence-electron chi connectivity index (χ1n) is 8.84. The lowest BCUT2D eigenvalue weighted by Crippen LogP contribution is -2.41. The van der Waals surface area contributed by atoms with Gasteiger partial charge in [0, 0.05) is 29.7 Å². The number of carbonyl (C=O) groups excluding carboxylic acids is 2. The number of ether oxygens (including phenoxy) is 1. The van der Waals surface area contributed by atoms with E-state index in [9.17, 15) is 14.4 Å². The molecule has 9 nitrogen and oxygen atoms in total. The van der Waals surface area contributed by atoms with Crippen molar-refractivity contribution in [1.29, 1.82) is 0 Å². The molecule has 0 saturated carbocycles. The molecular weight excluding hydrogens is 430 g/mol. The van der Waals surface area contributed by atoms with Crippen LogP contribution in [-0.2, 0) is 14.3 Å². The van der Waals surface area contributed by atoms with E-state index in [1.54, 1.807) is 24.3 Å². The highest BCUT2D eigenvalue weighted by Crippen LogP contribution is 2.30. The molecule has 1 fully saturated rings. The Labute approximate surface area is 168 Å². The fourth-order valence-corrected chi connectivity index (χ4v) is 3.54. The summed E-state index contributed by atoms with van der Waals surface area (Å²) in [6.45, 7) is 2.24. The van der Waals surface area contributed by atoms with Crippen LogP contribution in [0.15, 0.2) is 33.5 Å². The van der Waals surface area contributed by atoms with Gasteiger partial charge < -0.3 is 20.3 Å². The molecule has 3 N–H and O–H groups in total. The number of hydrogen-bond donors (Lipinski definition) is 3. The van der Waals surface area contributed by atoms with Crippen molar-refractivity contribution in [2.45, 2.75) is 12.3 Å². The Morgan fingerprint density at radius 2 is 1.93 bits per heavy atom. The molecule has 0 aliphatic carbocycles. The third-order valence-electron chi connectivity index (χ3n) is 4.68. The van der Waals surface area contributed by atoms with Crippen molar-refractivity contribution in [3.05, 3.63) is 44.7 Å². The number of aromatic nitrogens is 2. The first kappa shape index (κ1) is 18.6. The van der Waals surface area contributed by atoms with E-state index in [0.717, 1.165) is 4.47 Å². The van der Waals surface area contributed by atoms with E-state index in [-0.39, 0.29) is 23.7 Å². The van der Waals surface area contributed by atoms with Crippen molar-refractivity contribution in [1.82, 2.24) is 9.97 Å². The summed E-state index contributed by atoms with van der Waals surface area (Å²) in [6.07, 6.45) is -0.114. The molecule has 146 valence electrons. The zero-order valence-corrected chi connectivity index (χ0v) is 16.4. The second-order valence-corrected chi connectivity index (χ2v) is 7.47. The first-order valence-corrected chi connectivity index (χ1v) is 9.64. The molecule has 3 heterocycles. The summed E-state index contributed by atoms with van der Waals surface area (Å²) in [6, 6.07) is 7.05. The highest BCUT2D eigenvalue weighted by molar-refractivity contribution is 9.10. The maximum absolute atomic E-state index is 12.8. The number of carbonyl (C=O) groups is 2. The minimum absolute atomic E-state index is 0.114. The molecule has 1 aromatic carbocycles. The van der Waals surface area contributed by atoms with Gasteiger partial charge in [0.05, 0.1) is 24.7 Å². The maximum Gasteiger partial charge on any atom is 0.258 e. The van der Waals surface area contributed by atoms with Gasteiger partial charge in [-0.15, -0.1) is 0 Å². The summed E-state index contributed by atoms with van der Waals surface area (Å²) in [7, 11) is 0. The lowest BCUT2D eigenvalue weighted by atomic mass is 9.92. The number of halogens is 1. The average molecular weight is 448 g/mol. The Kier molecular flexibility index (Phi) is 5.14. The molecule has 4 rings (SSSR count). The van der Waals surface area contributed by atoms with E-state index in [0.29, 0.717) is 37.9 Å². The quantitative estimate of drug-likeness (QED) is 0.655. The Morgan fingerprint density at radius 3 is 2.64 bits per heavy atom. The van der Waals surface area contributed by atoms with Gasteiger partial charge in [0.15, 0.2) is 0 Å². The molecule has 1 saturated heterocycles. The van der Waals surface area contributed by atoms with E-state index >= 15 is 0 Å². The lowest BCUT2D eigenvalue weighted by Gasteiger charge is -2.29. The first-order chi connectivity index (χ1) is 13.5. The van der Waals surface area contributed by atoms with Crippen LogP contribution in [0.2, 0.25) is 0 Å². The summed E-state index contributed by atoms with van der Waals surface area (Å²) in [5.41, 5.74) is 0.323. The number of amides is 2. The van der Waals surface area contributed by atoms with Crippen LogP contribution < -0.4 is 21.1 Å². The second-order valence-electron chi connectivity index (χ2n) is 6.55. The molecule has 2 aliphatic heterocycles. The van der Waals surface area contributed by atoms with Gasteiger partial charge in [-0.3, -0.25) is 19.4 Å². The third kappa shape index (κ3) is 3.78. The number of nitrogens with zero attached hydrogens (tertiary/aromatic N) is 2. The van der Waals surface area contributed by atoms with Crippen molar-refractivity contribution < 1.29 is 14.3 Å². The molecule has 28 heavy (non-hydrogen) atoms. The number of nitrogens with one attached hydrogen (secondary N) is 3. The van der Waals surface area contributed by atoms with Crippen molar-refractivity contribution in [3.8, 4) is 0 Å². The van der Waals surface area contributed by atoms with Gasteiger partial charge in [-0.05, 0) is 24.3 Å². The SMILES string of the molecule is O=C1C[C@@H](C(=O)Nc2ccc(Br)cc2)c2c(nc(N3CCOCC3)[nH]c2=O)N1. The fraction of sp³-hybridized carbons (Fsp3) is 0.333. The van der Waals surface area contributed by atoms with Crippen LogP contribution in [0.4, 0.5) is 17.5 Å². The zero-order valence-electron chi connectivity index (χ0n) is 14.8. The Morgan fingerprint density at radius 1 is 1.21 bits per heavy atom. The Bertz CT molecular complexity index is 969. The van der Waals surface area contributed by atoms with E-state index in [1.807, 2.05) is 4.90 Å². The highest BCUT2D eigenvalue weighted by atomic mass is 79.9. The maximum atomic E-state index is 12.8. The molecule has 2 aromatic rings. The van der Waals surface area contributed by atoms with Crippen LogP contribution >= 0.6 is 15.9 Å². The monoisotopic (exact) mass is 447 g/mol. The number of anilines is 3. The van der Waals surface area contributed by atoms with Crippen molar-refractivity contribution in [2.75, 3.05) is 41.8 Å². The molecule has 2 amide bonds. The summed E-state index contributed by atoms with van der Waals surface area (Å²) in [5, 5.41) is 5.38. The Hall–Kier alpha value is -2.72. The van der Waals surface area contributed by atoms with Gasteiger partial charge >= 0.3 is 0 Å². The van der Waals surface area contributed by atoms with Crippen LogP contribution in [-0.4, -0.2) is 48.1 Å². The molecule has 1 atom stereocenters. The molecule has 2 aliphatic rings. The molecule has 0 bridgehead atoms. The highest BCUT2D eigenvalue weighted by Gasteiger charge is 2.35. The normalized spacial score (nSPS) is 19.0. The predicted molar refractivity (Wildman–Crippen MR) is 107 cm³/mol. The van der Waals surface area contributed by atoms with Gasteiger partial charge in [-0.2, -0.15) is 4.98 Å². The number of aromatic amines is 1. The zero-order chi connectivity index (χ0) is 19.7. The number of rotatable bonds is 3. The van der Waals surface area contributed by atoms with Gasteiger partial charge in [0.25, 0.3) is 5.56 Å². The summed E-state index contributed by atoms with van der Waals surface area (Å²) in [5.74, 6) is -1.19. The van der Waals surface area contributed by atoms with Gasteiger partial charge in [0.2, 0.25) is 17.8 Å². The number of H-pyrrole nitrogens is 1. The minimum atomic E-state index is -0.914. The number of morpholine rings is 1. The molecule has 0 unspecified atom stereocenters. The van der Waals surface area contributed by atoms with Gasteiger partial charge in [-0.25, -0.2) is 0 Å². The van der Waals surface area contributed by atoms with Crippen LogP contribution in [0.3, 0.4) is 0 Å². The largest absolute Gasteiger partial charge is 0.378 e. The van der Waals surface area contributed by atoms with Crippen LogP contribution in [0.25, 0.3) is 0 Å². The smallest absolute Gasteiger partial charge is 0.258 e. The standard InChI is InChI=1S/C18H18BrN5O4/c19-10-1-3-11(4-2-10)20-16(26)12-9-13(25)21-15-14(12)17(27)23-18(22-15)24-5-7-28-8-6-24/h1-4,12H,5-9H2,(H,20,26)(H2,21,22,23,25,27)/t12-/m1/s1. The van der Waals surface area contributed by atoms with E-state index in [1.165, 1.54) is 0 Å². The fourth-order valence-electron chi connectivity index (χ4n) is 3.27. The average Bonchev–Trinajstić information content (AvgIpc) is 2.69.